The van der Waals surface area contributed by atoms with E-state index < -0.39 is 0 Å². The standard InChI is InChI=1S/C19H25NO2/c1-18(2,3)14-8-7-9-15(10-14)21-16-11-17(13-20-12-16)22-19(4,5)6/h7-13H,1-6H3. The van der Waals surface area contributed by atoms with Crippen LogP contribution < -0.4 is 9.47 Å². The fraction of sp³-hybridized carbons (Fsp3) is 0.421. The third-order valence-electron chi connectivity index (χ3n) is 3.05. The average molecular weight is 299 g/mol. The highest BCUT2D eigenvalue weighted by atomic mass is 16.5. The van der Waals surface area contributed by atoms with E-state index in [1.54, 1.807) is 12.4 Å². The topological polar surface area (TPSA) is 31.4 Å². The minimum absolute atomic E-state index is 0.0921. The number of aromatic nitrogens is 1. The van der Waals surface area contributed by atoms with Gasteiger partial charge in [-0.3, -0.25) is 4.98 Å². The number of benzene rings is 1. The summed E-state index contributed by atoms with van der Waals surface area (Å²) in [5.74, 6) is 2.19. The Bertz CT molecular complexity index is 636. The predicted octanol–water partition coefficient (Wildman–Crippen LogP) is 5.35. The summed E-state index contributed by atoms with van der Waals surface area (Å²) in [7, 11) is 0. The zero-order chi connectivity index (χ0) is 16.4. The van der Waals surface area contributed by atoms with Gasteiger partial charge in [-0.15, -0.1) is 0 Å². The molecule has 0 atom stereocenters. The molecule has 2 aromatic rings. The first kappa shape index (κ1) is 16.3. The van der Waals surface area contributed by atoms with Crippen LogP contribution in [-0.4, -0.2) is 10.6 Å². The molecule has 0 saturated carbocycles. The van der Waals surface area contributed by atoms with Gasteiger partial charge in [0.15, 0.2) is 0 Å². The minimum Gasteiger partial charge on any atom is -0.486 e. The molecule has 0 unspecified atom stereocenters. The van der Waals surface area contributed by atoms with Crippen LogP contribution in [-0.2, 0) is 5.41 Å². The molecule has 0 radical (unpaired) electrons. The Hall–Kier alpha value is -2.03. The molecule has 0 aliphatic carbocycles. The Balaban J connectivity index is 2.19. The molecule has 0 spiro atoms. The van der Waals surface area contributed by atoms with E-state index in [1.807, 2.05) is 39.0 Å². The first-order valence-electron chi connectivity index (χ1n) is 7.56. The smallest absolute Gasteiger partial charge is 0.149 e. The fourth-order valence-corrected chi connectivity index (χ4v) is 2.03. The molecular weight excluding hydrogens is 274 g/mol. The van der Waals surface area contributed by atoms with Gasteiger partial charge in [0.1, 0.15) is 22.8 Å². The Labute approximate surface area is 133 Å². The lowest BCUT2D eigenvalue weighted by atomic mass is 9.87. The number of rotatable bonds is 3. The van der Waals surface area contributed by atoms with Gasteiger partial charge in [-0.05, 0) is 43.9 Å². The largest absolute Gasteiger partial charge is 0.486 e. The van der Waals surface area contributed by atoms with Gasteiger partial charge in [-0.1, -0.05) is 32.9 Å². The second-order valence-electron chi connectivity index (χ2n) is 7.45. The normalized spacial score (nSPS) is 12.1. The highest BCUT2D eigenvalue weighted by molar-refractivity contribution is 5.37. The summed E-state index contributed by atoms with van der Waals surface area (Å²) < 4.78 is 11.7. The Kier molecular flexibility index (Phi) is 4.45. The number of ether oxygens (including phenoxy) is 2. The molecule has 3 nitrogen and oxygen atoms in total. The summed E-state index contributed by atoms with van der Waals surface area (Å²) in [4.78, 5) is 4.19. The van der Waals surface area contributed by atoms with Crippen LogP contribution >= 0.6 is 0 Å². The predicted molar refractivity (Wildman–Crippen MR) is 89.8 cm³/mol. The van der Waals surface area contributed by atoms with Crippen molar-refractivity contribution in [3.8, 4) is 17.2 Å². The van der Waals surface area contributed by atoms with E-state index in [0.29, 0.717) is 11.5 Å². The highest BCUT2D eigenvalue weighted by Crippen LogP contribution is 2.29. The van der Waals surface area contributed by atoms with Gasteiger partial charge in [-0.25, -0.2) is 0 Å². The molecule has 0 N–H and O–H groups in total. The van der Waals surface area contributed by atoms with E-state index in [4.69, 9.17) is 9.47 Å². The van der Waals surface area contributed by atoms with Crippen molar-refractivity contribution in [2.75, 3.05) is 0 Å². The molecule has 0 aliphatic rings. The van der Waals surface area contributed by atoms with Gasteiger partial charge in [-0.2, -0.15) is 0 Å². The van der Waals surface area contributed by atoms with Crippen molar-refractivity contribution in [2.45, 2.75) is 52.6 Å². The number of hydrogen-bond acceptors (Lipinski definition) is 3. The van der Waals surface area contributed by atoms with Crippen LogP contribution in [0.4, 0.5) is 0 Å². The van der Waals surface area contributed by atoms with Gasteiger partial charge in [0.25, 0.3) is 0 Å². The molecule has 0 bridgehead atoms. The van der Waals surface area contributed by atoms with Crippen molar-refractivity contribution in [3.63, 3.8) is 0 Å². The monoisotopic (exact) mass is 299 g/mol. The molecule has 2 rings (SSSR count). The van der Waals surface area contributed by atoms with Crippen LogP contribution in [0.15, 0.2) is 42.7 Å². The van der Waals surface area contributed by atoms with Gasteiger partial charge in [0.05, 0.1) is 12.4 Å². The zero-order valence-electron chi connectivity index (χ0n) is 14.3. The van der Waals surface area contributed by atoms with Crippen molar-refractivity contribution in [2.24, 2.45) is 0 Å². The zero-order valence-corrected chi connectivity index (χ0v) is 14.3. The van der Waals surface area contributed by atoms with Gasteiger partial charge in [0.2, 0.25) is 0 Å². The Morgan fingerprint density at radius 2 is 1.50 bits per heavy atom. The van der Waals surface area contributed by atoms with E-state index in [0.717, 1.165) is 5.75 Å². The lowest BCUT2D eigenvalue weighted by Crippen LogP contribution is -2.22. The van der Waals surface area contributed by atoms with Crippen LogP contribution in [0.1, 0.15) is 47.1 Å². The van der Waals surface area contributed by atoms with E-state index in [2.05, 4.69) is 37.9 Å². The second-order valence-corrected chi connectivity index (χ2v) is 7.45. The summed E-state index contributed by atoms with van der Waals surface area (Å²) >= 11 is 0. The minimum atomic E-state index is -0.257. The van der Waals surface area contributed by atoms with Crippen LogP contribution in [0.25, 0.3) is 0 Å². The molecule has 1 heterocycles. The SMILES string of the molecule is CC(C)(C)Oc1cncc(Oc2cccc(C(C)(C)C)c2)c1. The summed E-state index contributed by atoms with van der Waals surface area (Å²) in [5.41, 5.74) is 1.07. The first-order valence-corrected chi connectivity index (χ1v) is 7.56. The van der Waals surface area contributed by atoms with Gasteiger partial charge in [0, 0.05) is 6.07 Å². The molecule has 0 amide bonds. The van der Waals surface area contributed by atoms with Gasteiger partial charge < -0.3 is 9.47 Å². The van der Waals surface area contributed by atoms with Crippen molar-refractivity contribution in [3.05, 3.63) is 48.3 Å². The summed E-state index contributed by atoms with van der Waals surface area (Å²) in [5, 5.41) is 0. The fourth-order valence-electron chi connectivity index (χ4n) is 2.03. The molecular formula is C19H25NO2. The summed E-state index contributed by atoms with van der Waals surface area (Å²) in [6.45, 7) is 12.6. The second kappa shape index (κ2) is 5.99. The van der Waals surface area contributed by atoms with E-state index in [1.165, 1.54) is 5.56 Å². The average Bonchev–Trinajstić information content (AvgIpc) is 2.36. The number of hydrogen-bond donors (Lipinski definition) is 0. The summed E-state index contributed by atoms with van der Waals surface area (Å²) in [6, 6.07) is 10.0. The third-order valence-corrected chi connectivity index (χ3v) is 3.05. The lowest BCUT2D eigenvalue weighted by molar-refractivity contribution is 0.130. The van der Waals surface area contributed by atoms with Gasteiger partial charge >= 0.3 is 0 Å². The van der Waals surface area contributed by atoms with Crippen molar-refractivity contribution >= 4 is 0 Å². The van der Waals surface area contributed by atoms with Crippen LogP contribution in [0, 0.1) is 0 Å². The van der Waals surface area contributed by atoms with Crippen LogP contribution in [0.3, 0.4) is 0 Å². The molecule has 118 valence electrons. The summed E-state index contributed by atoms with van der Waals surface area (Å²) in [6.07, 6.45) is 3.39. The third kappa shape index (κ3) is 4.76. The lowest BCUT2D eigenvalue weighted by Gasteiger charge is -2.21. The van der Waals surface area contributed by atoms with E-state index >= 15 is 0 Å². The molecule has 1 aromatic carbocycles. The molecule has 3 heteroatoms. The molecule has 22 heavy (non-hydrogen) atoms. The molecule has 0 fully saturated rings. The highest BCUT2D eigenvalue weighted by Gasteiger charge is 2.15. The van der Waals surface area contributed by atoms with E-state index in [9.17, 15) is 0 Å². The number of pyridine rings is 1. The quantitative estimate of drug-likeness (QED) is 0.765. The van der Waals surface area contributed by atoms with Crippen LogP contribution in [0.2, 0.25) is 0 Å². The maximum absolute atomic E-state index is 5.93. The van der Waals surface area contributed by atoms with Crippen molar-refractivity contribution in [1.82, 2.24) is 4.98 Å². The maximum atomic E-state index is 5.93. The molecule has 0 saturated heterocycles. The molecule has 0 aliphatic heterocycles. The Morgan fingerprint density at radius 3 is 2.14 bits per heavy atom. The van der Waals surface area contributed by atoms with Crippen LogP contribution in [0.5, 0.6) is 17.2 Å². The van der Waals surface area contributed by atoms with E-state index in [-0.39, 0.29) is 11.0 Å². The first-order chi connectivity index (χ1) is 10.1. The Morgan fingerprint density at radius 1 is 0.818 bits per heavy atom. The van der Waals surface area contributed by atoms with Crippen molar-refractivity contribution in [1.29, 1.82) is 0 Å². The molecule has 1 aromatic heterocycles. The number of nitrogens with zero attached hydrogens (tertiary/aromatic N) is 1. The maximum Gasteiger partial charge on any atom is 0.149 e. The van der Waals surface area contributed by atoms with Crippen molar-refractivity contribution < 1.29 is 9.47 Å².